The van der Waals surface area contributed by atoms with E-state index in [1.54, 1.807) is 7.11 Å². The van der Waals surface area contributed by atoms with Gasteiger partial charge in [0.2, 0.25) is 5.96 Å². The quantitative estimate of drug-likeness (QED) is 0.299. The molecule has 0 aliphatic carbocycles. The number of nitrogens with two attached hydrogens (primary N) is 1. The first-order chi connectivity index (χ1) is 7.31. The molecule has 0 saturated carbocycles. The van der Waals surface area contributed by atoms with E-state index in [2.05, 4.69) is 15.7 Å². The van der Waals surface area contributed by atoms with Crippen molar-refractivity contribution in [3.05, 3.63) is 24.3 Å². The molecule has 15 heavy (non-hydrogen) atoms. The van der Waals surface area contributed by atoms with Crippen LogP contribution in [0.2, 0.25) is 0 Å². The Kier molecular flexibility index (Phi) is 4.43. The molecule has 0 saturated heterocycles. The minimum atomic E-state index is 0.516. The third kappa shape index (κ3) is 3.14. The molecule has 0 heterocycles. The predicted octanol–water partition coefficient (Wildman–Crippen LogP) is 0.946. The number of aliphatic imine (C=N–C) groups is 1. The maximum atomic E-state index is 5.31. The first-order valence-corrected chi connectivity index (χ1v) is 4.73. The van der Waals surface area contributed by atoms with Crippen molar-refractivity contribution in [3.63, 3.8) is 0 Å². The van der Waals surface area contributed by atoms with Gasteiger partial charge in [0.15, 0.2) is 0 Å². The largest absolute Gasteiger partial charge is 0.495 e. The summed E-state index contributed by atoms with van der Waals surface area (Å²) in [4.78, 5) is 4.13. The van der Waals surface area contributed by atoms with Crippen LogP contribution < -0.4 is 21.3 Å². The van der Waals surface area contributed by atoms with Gasteiger partial charge in [-0.1, -0.05) is 12.1 Å². The summed E-state index contributed by atoms with van der Waals surface area (Å²) in [6.07, 6.45) is 0. The van der Waals surface area contributed by atoms with Gasteiger partial charge in [-0.05, 0) is 19.1 Å². The second-order valence-corrected chi connectivity index (χ2v) is 2.79. The predicted molar refractivity (Wildman–Crippen MR) is 61.9 cm³/mol. The van der Waals surface area contributed by atoms with E-state index < -0.39 is 0 Å². The van der Waals surface area contributed by atoms with Crippen molar-refractivity contribution in [3.8, 4) is 5.75 Å². The van der Waals surface area contributed by atoms with Crippen molar-refractivity contribution in [1.29, 1.82) is 0 Å². The third-order valence-electron chi connectivity index (χ3n) is 1.81. The molecular formula is C10H16N4O. The molecule has 82 valence electrons. The van der Waals surface area contributed by atoms with Gasteiger partial charge in [0.05, 0.1) is 12.8 Å². The average Bonchev–Trinajstić information content (AvgIpc) is 2.29. The Bertz CT molecular complexity index is 338. The molecule has 4 N–H and O–H groups in total. The second-order valence-electron chi connectivity index (χ2n) is 2.79. The first kappa shape index (κ1) is 11.3. The number of para-hydroxylation sites is 2. The van der Waals surface area contributed by atoms with E-state index in [1.165, 1.54) is 0 Å². The van der Waals surface area contributed by atoms with Crippen LogP contribution in [0.4, 0.5) is 5.69 Å². The maximum Gasteiger partial charge on any atom is 0.210 e. The van der Waals surface area contributed by atoms with Crippen molar-refractivity contribution in [2.75, 3.05) is 19.0 Å². The number of guanidine groups is 1. The molecule has 0 radical (unpaired) electrons. The molecule has 0 spiro atoms. The first-order valence-electron chi connectivity index (χ1n) is 4.73. The van der Waals surface area contributed by atoms with Crippen LogP contribution >= 0.6 is 0 Å². The zero-order valence-corrected chi connectivity index (χ0v) is 8.95. The van der Waals surface area contributed by atoms with Crippen molar-refractivity contribution < 1.29 is 4.74 Å². The fourth-order valence-corrected chi connectivity index (χ4v) is 1.15. The van der Waals surface area contributed by atoms with Crippen LogP contribution in [0.3, 0.4) is 0 Å². The minimum absolute atomic E-state index is 0.516. The normalized spacial score (nSPS) is 11.0. The Morgan fingerprint density at radius 3 is 2.80 bits per heavy atom. The van der Waals surface area contributed by atoms with Crippen LogP contribution in [0.15, 0.2) is 29.3 Å². The van der Waals surface area contributed by atoms with Crippen molar-refractivity contribution in [2.45, 2.75) is 6.92 Å². The lowest BCUT2D eigenvalue weighted by Crippen LogP contribution is -2.36. The monoisotopic (exact) mass is 208 g/mol. The number of hydrogen-bond acceptors (Lipinski definition) is 3. The highest BCUT2D eigenvalue weighted by Gasteiger charge is 2.02. The van der Waals surface area contributed by atoms with E-state index in [0.29, 0.717) is 12.5 Å². The number of nitrogens with zero attached hydrogens (tertiary/aromatic N) is 1. The van der Waals surface area contributed by atoms with Crippen LogP contribution in [-0.2, 0) is 0 Å². The summed E-state index contributed by atoms with van der Waals surface area (Å²) in [6.45, 7) is 2.59. The second kappa shape index (κ2) is 5.87. The summed E-state index contributed by atoms with van der Waals surface area (Å²) >= 11 is 0. The lowest BCUT2D eigenvalue weighted by Gasteiger charge is -2.11. The summed E-state index contributed by atoms with van der Waals surface area (Å²) in [5.41, 5.74) is 3.31. The van der Waals surface area contributed by atoms with Crippen molar-refractivity contribution in [1.82, 2.24) is 5.43 Å². The van der Waals surface area contributed by atoms with Crippen molar-refractivity contribution >= 4 is 11.6 Å². The highest BCUT2D eigenvalue weighted by molar-refractivity contribution is 5.94. The maximum absolute atomic E-state index is 5.31. The van der Waals surface area contributed by atoms with Gasteiger partial charge in [-0.25, -0.2) is 5.84 Å². The number of hydrazine groups is 1. The van der Waals surface area contributed by atoms with Crippen LogP contribution in [0.25, 0.3) is 0 Å². The number of ether oxygens (including phenoxy) is 1. The summed E-state index contributed by atoms with van der Waals surface area (Å²) in [6, 6.07) is 7.56. The molecule has 5 nitrogen and oxygen atoms in total. The molecule has 0 fully saturated rings. The molecule has 1 aromatic carbocycles. The fraction of sp³-hybridized carbons (Fsp3) is 0.300. The van der Waals surface area contributed by atoms with E-state index in [0.717, 1.165) is 11.4 Å². The van der Waals surface area contributed by atoms with Gasteiger partial charge in [0.25, 0.3) is 0 Å². The Balaban J connectivity index is 2.83. The Labute approximate surface area is 89.3 Å². The number of methoxy groups -OCH3 is 1. The lowest BCUT2D eigenvalue weighted by atomic mass is 10.3. The van der Waals surface area contributed by atoms with Crippen LogP contribution in [0, 0.1) is 0 Å². The molecule has 5 heteroatoms. The van der Waals surface area contributed by atoms with Crippen LogP contribution in [0.5, 0.6) is 5.75 Å². The van der Waals surface area contributed by atoms with E-state index in [-0.39, 0.29) is 0 Å². The lowest BCUT2D eigenvalue weighted by molar-refractivity contribution is 0.417. The van der Waals surface area contributed by atoms with Gasteiger partial charge >= 0.3 is 0 Å². The van der Waals surface area contributed by atoms with Crippen LogP contribution in [-0.4, -0.2) is 19.6 Å². The zero-order chi connectivity index (χ0) is 11.1. The highest BCUT2D eigenvalue weighted by atomic mass is 16.5. The third-order valence-corrected chi connectivity index (χ3v) is 1.81. The summed E-state index contributed by atoms with van der Waals surface area (Å²) in [7, 11) is 1.62. The van der Waals surface area contributed by atoms with Gasteiger partial charge in [0.1, 0.15) is 5.75 Å². The Morgan fingerprint density at radius 1 is 1.47 bits per heavy atom. The Hall–Kier alpha value is -1.75. The smallest absolute Gasteiger partial charge is 0.210 e. The number of benzene rings is 1. The topological polar surface area (TPSA) is 71.7 Å². The molecule has 0 aliphatic rings. The summed E-state index contributed by atoms with van der Waals surface area (Å²) in [5.74, 6) is 6.58. The van der Waals surface area contributed by atoms with Gasteiger partial charge in [-0.2, -0.15) is 0 Å². The van der Waals surface area contributed by atoms with Gasteiger partial charge in [-0.15, -0.1) is 0 Å². The van der Waals surface area contributed by atoms with E-state index >= 15 is 0 Å². The number of anilines is 1. The molecule has 0 amide bonds. The molecule has 0 aliphatic heterocycles. The minimum Gasteiger partial charge on any atom is -0.495 e. The number of hydrogen-bond donors (Lipinski definition) is 3. The van der Waals surface area contributed by atoms with Gasteiger partial charge < -0.3 is 10.1 Å². The van der Waals surface area contributed by atoms with Gasteiger partial charge in [0, 0.05) is 6.54 Å². The molecular weight excluding hydrogens is 192 g/mol. The summed E-state index contributed by atoms with van der Waals surface area (Å²) in [5, 5.41) is 3.04. The highest BCUT2D eigenvalue weighted by Crippen LogP contribution is 2.22. The average molecular weight is 208 g/mol. The van der Waals surface area contributed by atoms with E-state index in [1.807, 2.05) is 31.2 Å². The summed E-state index contributed by atoms with van der Waals surface area (Å²) < 4.78 is 5.18. The zero-order valence-electron chi connectivity index (χ0n) is 8.95. The SMILES string of the molecule is CCN=C(NN)Nc1ccccc1OC. The van der Waals surface area contributed by atoms with E-state index in [4.69, 9.17) is 10.6 Å². The van der Waals surface area contributed by atoms with E-state index in [9.17, 15) is 0 Å². The number of rotatable bonds is 3. The standard InChI is InChI=1S/C10H16N4O/c1-3-12-10(14-11)13-8-6-4-5-7-9(8)15-2/h4-7H,3,11H2,1-2H3,(H2,12,13,14). The molecule has 0 bridgehead atoms. The molecule has 0 unspecified atom stereocenters. The molecule has 0 atom stereocenters. The Morgan fingerprint density at radius 2 is 2.20 bits per heavy atom. The van der Waals surface area contributed by atoms with Gasteiger partial charge in [-0.3, -0.25) is 10.4 Å². The van der Waals surface area contributed by atoms with Crippen molar-refractivity contribution in [2.24, 2.45) is 10.8 Å². The molecule has 1 aromatic rings. The fourth-order valence-electron chi connectivity index (χ4n) is 1.15. The van der Waals surface area contributed by atoms with Crippen LogP contribution in [0.1, 0.15) is 6.92 Å². The molecule has 0 aromatic heterocycles. The molecule has 1 rings (SSSR count). The number of nitrogens with one attached hydrogen (secondary N) is 2.